The predicted molar refractivity (Wildman–Crippen MR) is 266 cm³/mol. The number of carbonyl (C=O) groups is 1. The minimum Gasteiger partial charge on any atom is -0.494 e. The van der Waals surface area contributed by atoms with Gasteiger partial charge in [-0.25, -0.2) is 4.79 Å². The first-order valence-corrected chi connectivity index (χ1v) is 24.4. The average Bonchev–Trinajstić information content (AvgIpc) is 3.63. The molecular formula is C54H56Cl4N2O4. The molecule has 334 valence electrons. The molecule has 2 saturated heterocycles. The van der Waals surface area contributed by atoms with E-state index in [1.54, 1.807) is 0 Å². The number of nitrogens with zero attached hydrogens (tertiary/aromatic N) is 2. The van der Waals surface area contributed by atoms with Crippen LogP contribution in [0.25, 0.3) is 11.1 Å². The van der Waals surface area contributed by atoms with Crippen molar-refractivity contribution in [2.75, 3.05) is 49.2 Å². The predicted octanol–water partition coefficient (Wildman–Crippen LogP) is 15.3. The van der Waals surface area contributed by atoms with Crippen LogP contribution < -0.4 is 19.3 Å². The molecule has 0 aliphatic carbocycles. The van der Waals surface area contributed by atoms with Gasteiger partial charge in [-0.3, -0.25) is 0 Å². The summed E-state index contributed by atoms with van der Waals surface area (Å²) in [4.78, 5) is 19.3. The van der Waals surface area contributed by atoms with Gasteiger partial charge in [0.15, 0.2) is 5.60 Å². The van der Waals surface area contributed by atoms with E-state index < -0.39 is 11.6 Å². The second-order valence-corrected chi connectivity index (χ2v) is 18.5. The Kier molecular flexibility index (Phi) is 15.2. The van der Waals surface area contributed by atoms with E-state index in [1.807, 2.05) is 60.7 Å². The molecule has 0 radical (unpaired) electrons. The molecule has 0 aromatic heterocycles. The number of anilines is 2. The molecular weight excluding hydrogens is 882 g/mol. The van der Waals surface area contributed by atoms with Crippen LogP contribution in [-0.4, -0.2) is 45.4 Å². The van der Waals surface area contributed by atoms with Crippen molar-refractivity contribution in [3.05, 3.63) is 163 Å². The minimum absolute atomic E-state index is 0.00725. The highest BCUT2D eigenvalue weighted by atomic mass is 35.5. The molecule has 6 nitrogen and oxygen atoms in total. The standard InChI is InChI=1S/C54H56Cl4N2O4/c1-3-5-33-62-43-25-17-39(18-26-43)45(37-13-21-41(22-14-37)59-29-9-7-10-30-59)35-54(48-47(53(61)64-54)49(55)51(57)52(58)50(48)56)36-46(40-19-27-44(28-20-40)63-34-6-4-2)38-15-23-42(24-16-38)60-31-11-8-12-32-60/h13-28,35-36H,3-12,29-34H2,1-2H3. The van der Waals surface area contributed by atoms with Crippen molar-refractivity contribution in [3.8, 4) is 11.5 Å². The van der Waals surface area contributed by atoms with Crippen LogP contribution in [0.15, 0.2) is 109 Å². The Morgan fingerprint density at radius 2 is 0.922 bits per heavy atom. The van der Waals surface area contributed by atoms with Crippen LogP contribution in [0.2, 0.25) is 20.1 Å². The van der Waals surface area contributed by atoms with Gasteiger partial charge in [0.2, 0.25) is 0 Å². The number of hydrogen-bond donors (Lipinski definition) is 0. The number of carbonyl (C=O) groups excluding carboxylic acids is 1. The Hall–Kier alpha value is -4.59. The maximum absolute atomic E-state index is 14.4. The molecule has 3 aliphatic heterocycles. The molecule has 0 N–H and O–H groups in total. The van der Waals surface area contributed by atoms with Gasteiger partial charge in [-0.1, -0.05) is 122 Å². The molecule has 3 aliphatic rings. The van der Waals surface area contributed by atoms with Gasteiger partial charge in [-0.05, 0) is 145 Å². The molecule has 0 amide bonds. The molecule has 0 saturated carbocycles. The Morgan fingerprint density at radius 1 is 0.547 bits per heavy atom. The van der Waals surface area contributed by atoms with Crippen molar-refractivity contribution < 1.29 is 19.0 Å². The van der Waals surface area contributed by atoms with Crippen molar-refractivity contribution in [3.63, 3.8) is 0 Å². The van der Waals surface area contributed by atoms with E-state index in [2.05, 4.69) is 72.2 Å². The summed E-state index contributed by atoms with van der Waals surface area (Å²) < 4.78 is 18.9. The lowest BCUT2D eigenvalue weighted by Gasteiger charge is -2.30. The summed E-state index contributed by atoms with van der Waals surface area (Å²) in [5.41, 5.74) is 6.32. The van der Waals surface area contributed by atoms with Crippen LogP contribution in [0.3, 0.4) is 0 Å². The molecule has 10 heteroatoms. The fourth-order valence-electron chi connectivity index (χ4n) is 8.92. The maximum atomic E-state index is 14.4. The Morgan fingerprint density at radius 3 is 1.31 bits per heavy atom. The summed E-state index contributed by atoms with van der Waals surface area (Å²) in [6.07, 6.45) is 15.2. The monoisotopic (exact) mass is 936 g/mol. The van der Waals surface area contributed by atoms with Gasteiger partial charge in [0.1, 0.15) is 11.5 Å². The second kappa shape index (κ2) is 21.1. The van der Waals surface area contributed by atoms with Gasteiger partial charge < -0.3 is 24.0 Å². The van der Waals surface area contributed by atoms with E-state index in [9.17, 15) is 4.79 Å². The van der Waals surface area contributed by atoms with Crippen molar-refractivity contribution >= 4 is 74.9 Å². The van der Waals surface area contributed by atoms with Crippen LogP contribution in [0.1, 0.15) is 116 Å². The molecule has 5 aromatic carbocycles. The smallest absolute Gasteiger partial charge is 0.341 e. The van der Waals surface area contributed by atoms with E-state index in [-0.39, 0.29) is 25.7 Å². The van der Waals surface area contributed by atoms with E-state index in [0.717, 1.165) is 96.8 Å². The van der Waals surface area contributed by atoms with Crippen molar-refractivity contribution in [1.29, 1.82) is 0 Å². The third-order valence-electron chi connectivity index (χ3n) is 12.5. The number of halogens is 4. The third kappa shape index (κ3) is 10.1. The summed E-state index contributed by atoms with van der Waals surface area (Å²) >= 11 is 27.8. The Balaban J connectivity index is 1.36. The van der Waals surface area contributed by atoms with Gasteiger partial charge in [0.25, 0.3) is 0 Å². The highest BCUT2D eigenvalue weighted by Crippen LogP contribution is 2.54. The summed E-state index contributed by atoms with van der Waals surface area (Å²) in [6, 6.07) is 33.4. The molecule has 3 heterocycles. The molecule has 0 bridgehead atoms. The van der Waals surface area contributed by atoms with E-state index in [4.69, 9.17) is 60.6 Å². The summed E-state index contributed by atoms with van der Waals surface area (Å²) in [5.74, 6) is 0.891. The zero-order chi connectivity index (χ0) is 44.6. The minimum atomic E-state index is -1.63. The number of unbranched alkanes of at least 4 members (excludes halogenated alkanes) is 2. The molecule has 2 fully saturated rings. The number of rotatable bonds is 16. The highest BCUT2D eigenvalue weighted by molar-refractivity contribution is 6.53. The van der Waals surface area contributed by atoms with Crippen LogP contribution in [0.4, 0.5) is 11.4 Å². The Bertz CT molecular complexity index is 2330. The molecule has 0 spiro atoms. The summed E-state index contributed by atoms with van der Waals surface area (Å²) in [5, 5.41) is 0.107. The second-order valence-electron chi connectivity index (χ2n) is 16.9. The average molecular weight is 939 g/mol. The highest BCUT2D eigenvalue weighted by Gasteiger charge is 2.48. The van der Waals surface area contributed by atoms with Crippen molar-refractivity contribution in [1.82, 2.24) is 0 Å². The van der Waals surface area contributed by atoms with Crippen LogP contribution in [-0.2, 0) is 10.3 Å². The maximum Gasteiger partial charge on any atom is 0.341 e. The largest absolute Gasteiger partial charge is 0.494 e. The van der Waals surface area contributed by atoms with Crippen molar-refractivity contribution in [2.45, 2.75) is 83.7 Å². The molecule has 0 unspecified atom stereocenters. The third-order valence-corrected chi connectivity index (χ3v) is 14.3. The zero-order valence-corrected chi connectivity index (χ0v) is 39.8. The van der Waals surface area contributed by atoms with Crippen LogP contribution in [0, 0.1) is 0 Å². The first kappa shape index (κ1) is 46.0. The molecule has 0 atom stereocenters. The Labute approximate surface area is 398 Å². The zero-order valence-electron chi connectivity index (χ0n) is 36.7. The van der Waals surface area contributed by atoms with Gasteiger partial charge in [-0.2, -0.15) is 0 Å². The fraction of sp³-hybridized carbons (Fsp3) is 0.352. The summed E-state index contributed by atoms with van der Waals surface area (Å²) in [6.45, 7) is 9.66. The number of hydrogen-bond acceptors (Lipinski definition) is 6. The van der Waals surface area contributed by atoms with Gasteiger partial charge in [-0.15, -0.1) is 0 Å². The first-order valence-electron chi connectivity index (χ1n) is 22.9. The molecule has 64 heavy (non-hydrogen) atoms. The quantitative estimate of drug-likeness (QED) is 0.0425. The topological polar surface area (TPSA) is 51.2 Å². The first-order chi connectivity index (χ1) is 31.2. The van der Waals surface area contributed by atoms with Crippen LogP contribution in [0.5, 0.6) is 11.5 Å². The normalized spacial score (nSPS) is 17.9. The number of piperidine rings is 2. The molecule has 8 rings (SSSR count). The van der Waals surface area contributed by atoms with Gasteiger partial charge in [0.05, 0.1) is 38.9 Å². The SMILES string of the molecule is CCCCOc1ccc(C(=CC2(C=C(c3ccc(OCCCC)cc3)c3ccc(N4CCCCC4)cc3)OC(=O)c3c(Cl)c(Cl)c(Cl)c(Cl)c32)c2ccc(N3CCCCC3)cc2)cc1. The van der Waals surface area contributed by atoms with E-state index in [1.165, 1.54) is 49.9 Å². The number of benzene rings is 5. The lowest BCUT2D eigenvalue weighted by Crippen LogP contribution is -2.29. The number of esters is 1. The lowest BCUT2D eigenvalue weighted by molar-refractivity contribution is 0.0300. The van der Waals surface area contributed by atoms with Gasteiger partial charge >= 0.3 is 5.97 Å². The fourth-order valence-corrected chi connectivity index (χ4v) is 10.0. The number of ether oxygens (including phenoxy) is 3. The van der Waals surface area contributed by atoms with Gasteiger partial charge in [0, 0.05) is 43.1 Å². The van der Waals surface area contributed by atoms with Crippen LogP contribution >= 0.6 is 46.4 Å². The number of cyclic esters (lactones) is 1. The lowest BCUT2D eigenvalue weighted by atomic mass is 9.83. The van der Waals surface area contributed by atoms with E-state index >= 15 is 0 Å². The number of fused-ring (bicyclic) bond motifs is 1. The summed E-state index contributed by atoms with van der Waals surface area (Å²) in [7, 11) is 0. The molecule has 5 aromatic rings. The van der Waals surface area contributed by atoms with Crippen molar-refractivity contribution in [2.24, 2.45) is 0 Å². The van der Waals surface area contributed by atoms with E-state index in [0.29, 0.717) is 18.8 Å².